The van der Waals surface area contributed by atoms with Gasteiger partial charge in [-0.3, -0.25) is 0 Å². The molecule has 0 bridgehead atoms. The molecule has 2 N–H and O–H groups in total. The van der Waals surface area contributed by atoms with Crippen molar-refractivity contribution in [3.8, 4) is 0 Å². The molecule has 1 fully saturated rings. The van der Waals surface area contributed by atoms with Crippen LogP contribution in [0.5, 0.6) is 0 Å². The molecule has 1 aliphatic rings. The van der Waals surface area contributed by atoms with Crippen molar-refractivity contribution < 1.29 is 5.11 Å². The molecule has 0 saturated heterocycles. The highest BCUT2D eigenvalue weighted by molar-refractivity contribution is 4.73. The van der Waals surface area contributed by atoms with E-state index in [2.05, 4.69) is 26.2 Å². The van der Waals surface area contributed by atoms with E-state index in [1.807, 2.05) is 0 Å². The predicted molar refractivity (Wildman–Crippen MR) is 71.7 cm³/mol. The average Bonchev–Trinajstić information content (AvgIpc) is 2.26. The Balaban J connectivity index is 0.000000385. The number of aliphatic hydroxyl groups excluding tert-OH is 1. The molecule has 0 aromatic carbocycles. The van der Waals surface area contributed by atoms with Crippen molar-refractivity contribution in [1.29, 1.82) is 0 Å². The third kappa shape index (κ3) is 8.12. The van der Waals surface area contributed by atoms with Gasteiger partial charge in [-0.15, -0.1) is 0 Å². The number of nitrogens with one attached hydrogen (secondary N) is 1. The third-order valence-corrected chi connectivity index (χ3v) is 3.49. The van der Waals surface area contributed by atoms with Gasteiger partial charge in [-0.1, -0.05) is 46.0 Å². The van der Waals surface area contributed by atoms with Crippen molar-refractivity contribution in [3.05, 3.63) is 0 Å². The van der Waals surface area contributed by atoms with Crippen LogP contribution in [0.3, 0.4) is 0 Å². The van der Waals surface area contributed by atoms with Crippen LogP contribution in [0.4, 0.5) is 0 Å². The Bertz CT molecular complexity index is 137. The highest BCUT2D eigenvalue weighted by Gasteiger charge is 2.16. The molecular formula is C14H31NO. The van der Waals surface area contributed by atoms with E-state index in [-0.39, 0.29) is 0 Å². The second kappa shape index (κ2) is 11.4. The van der Waals surface area contributed by atoms with E-state index >= 15 is 0 Å². The molecule has 0 aliphatic heterocycles. The second-order valence-corrected chi connectivity index (χ2v) is 4.94. The molecule has 0 heterocycles. The smallest absolute Gasteiger partial charge is 0.0430 e. The molecule has 1 aliphatic carbocycles. The molecule has 1 saturated carbocycles. The van der Waals surface area contributed by atoms with Crippen LogP contribution in [0.1, 0.15) is 65.2 Å². The molecule has 2 unspecified atom stereocenters. The highest BCUT2D eigenvalue weighted by Crippen LogP contribution is 2.21. The van der Waals surface area contributed by atoms with E-state index in [9.17, 15) is 0 Å². The zero-order chi connectivity index (χ0) is 12.2. The standard InChI is InChI=1S/C10H21N.C4H10O/c1-9-7-5-3-4-6-8-10(9)11-2;1-2-3-4-5/h9-11H,3-8H2,1-2H3;5H,2-4H2,1H3. The summed E-state index contributed by atoms with van der Waals surface area (Å²) < 4.78 is 0. The van der Waals surface area contributed by atoms with Gasteiger partial charge in [0.15, 0.2) is 0 Å². The van der Waals surface area contributed by atoms with Crippen LogP contribution in [0.25, 0.3) is 0 Å². The Labute approximate surface area is 102 Å². The van der Waals surface area contributed by atoms with E-state index in [0.29, 0.717) is 6.61 Å². The predicted octanol–water partition coefficient (Wildman–Crippen LogP) is 3.34. The molecule has 2 nitrogen and oxygen atoms in total. The van der Waals surface area contributed by atoms with Crippen LogP contribution in [0, 0.1) is 5.92 Å². The summed E-state index contributed by atoms with van der Waals surface area (Å²) >= 11 is 0. The van der Waals surface area contributed by atoms with Gasteiger partial charge >= 0.3 is 0 Å². The molecular weight excluding hydrogens is 198 g/mol. The number of hydrogen-bond donors (Lipinski definition) is 2. The molecule has 98 valence electrons. The van der Waals surface area contributed by atoms with E-state index in [1.165, 1.54) is 38.5 Å². The van der Waals surface area contributed by atoms with Crippen molar-refractivity contribution >= 4 is 0 Å². The molecule has 0 aromatic heterocycles. The number of rotatable bonds is 3. The van der Waals surface area contributed by atoms with Crippen molar-refractivity contribution in [2.45, 2.75) is 71.3 Å². The topological polar surface area (TPSA) is 32.3 Å². The summed E-state index contributed by atoms with van der Waals surface area (Å²) in [6.45, 7) is 4.78. The third-order valence-electron chi connectivity index (χ3n) is 3.49. The van der Waals surface area contributed by atoms with Gasteiger partial charge in [0, 0.05) is 12.6 Å². The van der Waals surface area contributed by atoms with Crippen molar-refractivity contribution in [2.75, 3.05) is 13.7 Å². The van der Waals surface area contributed by atoms with Gasteiger partial charge in [0.05, 0.1) is 0 Å². The fourth-order valence-electron chi connectivity index (χ4n) is 2.26. The van der Waals surface area contributed by atoms with Gasteiger partial charge in [0.1, 0.15) is 0 Å². The van der Waals surface area contributed by atoms with Gasteiger partial charge < -0.3 is 10.4 Å². The van der Waals surface area contributed by atoms with E-state index in [0.717, 1.165) is 24.8 Å². The zero-order valence-corrected chi connectivity index (χ0v) is 11.5. The molecule has 2 heteroatoms. The number of aliphatic hydroxyl groups is 1. The summed E-state index contributed by atoms with van der Waals surface area (Å²) in [5, 5.41) is 11.5. The van der Waals surface area contributed by atoms with Gasteiger partial charge in [0.2, 0.25) is 0 Å². The molecule has 16 heavy (non-hydrogen) atoms. The Morgan fingerprint density at radius 2 is 1.75 bits per heavy atom. The molecule has 0 radical (unpaired) electrons. The molecule has 2 atom stereocenters. The van der Waals surface area contributed by atoms with Gasteiger partial charge in [-0.2, -0.15) is 0 Å². The Hall–Kier alpha value is -0.0800. The summed E-state index contributed by atoms with van der Waals surface area (Å²) in [6, 6.07) is 0.787. The minimum Gasteiger partial charge on any atom is -0.396 e. The Morgan fingerprint density at radius 1 is 1.12 bits per heavy atom. The maximum Gasteiger partial charge on any atom is 0.0430 e. The number of hydrogen-bond acceptors (Lipinski definition) is 2. The van der Waals surface area contributed by atoms with Crippen LogP contribution in [-0.2, 0) is 0 Å². The highest BCUT2D eigenvalue weighted by atomic mass is 16.2. The molecule has 0 spiro atoms. The molecule has 0 aromatic rings. The van der Waals surface area contributed by atoms with Crippen molar-refractivity contribution in [1.82, 2.24) is 5.32 Å². The first-order valence-corrected chi connectivity index (χ1v) is 7.04. The lowest BCUT2D eigenvalue weighted by molar-refractivity contribution is 0.287. The first kappa shape index (κ1) is 15.9. The second-order valence-electron chi connectivity index (χ2n) is 4.94. The fraction of sp³-hybridized carbons (Fsp3) is 1.00. The van der Waals surface area contributed by atoms with Crippen molar-refractivity contribution in [2.24, 2.45) is 5.92 Å². The lowest BCUT2D eigenvalue weighted by Gasteiger charge is -2.25. The first-order valence-electron chi connectivity index (χ1n) is 7.04. The lowest BCUT2D eigenvalue weighted by atomic mass is 9.88. The van der Waals surface area contributed by atoms with Crippen LogP contribution in [-0.4, -0.2) is 24.8 Å². The summed E-state index contributed by atoms with van der Waals surface area (Å²) in [5.41, 5.74) is 0. The summed E-state index contributed by atoms with van der Waals surface area (Å²) in [7, 11) is 2.10. The Morgan fingerprint density at radius 3 is 2.19 bits per heavy atom. The van der Waals surface area contributed by atoms with Crippen LogP contribution >= 0.6 is 0 Å². The van der Waals surface area contributed by atoms with Gasteiger partial charge in [-0.25, -0.2) is 0 Å². The lowest BCUT2D eigenvalue weighted by Crippen LogP contribution is -2.32. The molecule has 0 amide bonds. The average molecular weight is 229 g/mol. The summed E-state index contributed by atoms with van der Waals surface area (Å²) in [4.78, 5) is 0. The Kier molecular flexibility index (Phi) is 11.3. The van der Waals surface area contributed by atoms with Crippen molar-refractivity contribution in [3.63, 3.8) is 0 Å². The van der Waals surface area contributed by atoms with Crippen LogP contribution in [0.15, 0.2) is 0 Å². The van der Waals surface area contributed by atoms with E-state index < -0.39 is 0 Å². The summed E-state index contributed by atoms with van der Waals surface area (Å²) in [5.74, 6) is 0.889. The SMILES string of the molecule is CCCCO.CNC1CCCCCCC1C. The van der Waals surface area contributed by atoms with Gasteiger partial charge in [-0.05, 0) is 32.2 Å². The zero-order valence-electron chi connectivity index (χ0n) is 11.5. The number of unbranched alkanes of at least 4 members (excludes halogenated alkanes) is 1. The van der Waals surface area contributed by atoms with Crippen LogP contribution < -0.4 is 5.32 Å². The van der Waals surface area contributed by atoms with Gasteiger partial charge in [0.25, 0.3) is 0 Å². The normalized spacial score (nSPS) is 26.2. The molecule has 1 rings (SSSR count). The van der Waals surface area contributed by atoms with Crippen LogP contribution in [0.2, 0.25) is 0 Å². The quantitative estimate of drug-likeness (QED) is 0.778. The van der Waals surface area contributed by atoms with E-state index in [1.54, 1.807) is 0 Å². The minimum absolute atomic E-state index is 0.344. The largest absolute Gasteiger partial charge is 0.396 e. The maximum absolute atomic E-state index is 8.07. The monoisotopic (exact) mass is 229 g/mol. The van der Waals surface area contributed by atoms with E-state index in [4.69, 9.17) is 5.11 Å². The fourth-order valence-corrected chi connectivity index (χ4v) is 2.26. The first-order chi connectivity index (χ1) is 7.76. The summed E-state index contributed by atoms with van der Waals surface area (Å²) in [6.07, 6.45) is 10.6. The maximum atomic E-state index is 8.07. The minimum atomic E-state index is 0.344.